The molecule has 0 aliphatic carbocycles. The Morgan fingerprint density at radius 3 is 1.52 bits per heavy atom. The molecule has 1 amide bonds. The zero-order chi connectivity index (χ0) is 14.1. The van der Waals surface area contributed by atoms with Gasteiger partial charge in [-0.2, -0.15) is 0 Å². The van der Waals surface area contributed by atoms with Crippen molar-refractivity contribution in [1.29, 1.82) is 0 Å². The third-order valence-corrected chi connectivity index (χ3v) is 1.26. The van der Waals surface area contributed by atoms with Crippen molar-refractivity contribution >= 4 is 5.91 Å². The van der Waals surface area contributed by atoms with Crippen molar-refractivity contribution in [2.45, 2.75) is 55.4 Å². The minimum Gasteiger partial charge on any atom is -0.358 e. The van der Waals surface area contributed by atoms with E-state index in [1.807, 2.05) is 45.9 Å². The van der Waals surface area contributed by atoms with Crippen LogP contribution in [0.3, 0.4) is 0 Å². The molecule has 0 aliphatic heterocycles. The molecule has 0 bridgehead atoms. The van der Waals surface area contributed by atoms with Crippen molar-refractivity contribution in [2.24, 2.45) is 0 Å². The summed E-state index contributed by atoms with van der Waals surface area (Å²) in [6.07, 6.45) is 1.25. The molecule has 0 fully saturated rings. The maximum atomic E-state index is 10.9. The first-order valence-corrected chi connectivity index (χ1v) is 6.53. The Labute approximate surface area is 174 Å². The zero-order valence-corrected chi connectivity index (χ0v) is 20.3. The van der Waals surface area contributed by atoms with Crippen LogP contribution in [0.25, 0.3) is 0 Å². The van der Waals surface area contributed by atoms with Crippen LogP contribution >= 0.6 is 0 Å². The summed E-state index contributed by atoms with van der Waals surface area (Å²) in [7, 11) is 1.62. The molecule has 1 aromatic carbocycles. The van der Waals surface area contributed by atoms with E-state index in [1.165, 1.54) is 6.42 Å². The molecule has 2 nitrogen and oxygen atoms in total. The van der Waals surface area contributed by atoms with Crippen LogP contribution in [0.4, 0.5) is 0 Å². The quantitative estimate of drug-likeness (QED) is 0.460. The summed E-state index contributed by atoms with van der Waals surface area (Å²) in [4.78, 5) is 10.9. The molecular formula is C17H36NOWY-. The van der Waals surface area contributed by atoms with E-state index in [1.54, 1.807) is 19.2 Å². The summed E-state index contributed by atoms with van der Waals surface area (Å²) in [5.41, 5.74) is 0.699. The number of hydrogen-bond acceptors (Lipinski definition) is 1. The van der Waals surface area contributed by atoms with Crippen LogP contribution in [-0.4, -0.2) is 13.0 Å². The number of nitrogens with one attached hydrogen (secondary N) is 1. The van der Waals surface area contributed by atoms with Crippen molar-refractivity contribution in [3.05, 3.63) is 43.3 Å². The van der Waals surface area contributed by atoms with Gasteiger partial charge in [-0.25, -0.2) is 0 Å². The van der Waals surface area contributed by atoms with Gasteiger partial charge < -0.3 is 12.7 Å². The molecular weight excluding hydrogens is 507 g/mol. The number of hydrogen-bond donors (Lipinski definition) is 1. The van der Waals surface area contributed by atoms with E-state index in [-0.39, 0.29) is 74.5 Å². The van der Waals surface area contributed by atoms with Gasteiger partial charge >= 0.3 is 0 Å². The summed E-state index contributed by atoms with van der Waals surface area (Å²) in [6.45, 7) is 12.2. The van der Waals surface area contributed by atoms with Gasteiger partial charge in [-0.1, -0.05) is 73.6 Å². The molecule has 0 aliphatic rings. The number of carbonyl (C=O) groups is 1. The fraction of sp³-hybridized carbons (Fsp3) is 0.529. The van der Waals surface area contributed by atoms with Gasteiger partial charge in [0, 0.05) is 66.4 Å². The number of rotatable bonds is 1. The molecule has 1 N–H and O–H groups in total. The van der Waals surface area contributed by atoms with E-state index in [0.717, 1.165) is 0 Å². The van der Waals surface area contributed by atoms with Crippen molar-refractivity contribution in [3.63, 3.8) is 0 Å². The maximum Gasteiger partial charge on any atom is 0.251 e. The van der Waals surface area contributed by atoms with Gasteiger partial charge in [-0.3, -0.25) is 4.79 Å². The average molecular weight is 543 g/mol. The van der Waals surface area contributed by atoms with Crippen LogP contribution in [0.15, 0.2) is 30.3 Å². The molecule has 21 heavy (non-hydrogen) atoms. The molecule has 0 heterocycles. The Bertz CT molecular complexity index is 244. The molecule has 0 saturated heterocycles. The van der Waals surface area contributed by atoms with Crippen molar-refractivity contribution in [1.82, 2.24) is 5.32 Å². The second kappa shape index (κ2) is 42.8. The summed E-state index contributed by atoms with van der Waals surface area (Å²) < 4.78 is 0. The first-order chi connectivity index (χ1) is 8.26. The molecule has 0 atom stereocenters. The van der Waals surface area contributed by atoms with E-state index in [2.05, 4.69) is 19.2 Å². The molecule has 125 valence electrons. The number of carbonyl (C=O) groups excluding carboxylic acids is 1. The van der Waals surface area contributed by atoms with E-state index >= 15 is 0 Å². The van der Waals surface area contributed by atoms with E-state index in [0.29, 0.717) is 5.56 Å². The Kier molecular flexibility index (Phi) is 87.5. The monoisotopic (exact) mass is 543 g/mol. The van der Waals surface area contributed by atoms with Crippen LogP contribution < -0.4 is 5.32 Å². The Balaban J connectivity index is -0.0000000315. The molecule has 0 unspecified atom stereocenters. The topological polar surface area (TPSA) is 29.1 Å². The van der Waals surface area contributed by atoms with Gasteiger partial charge in [-0.15, -0.1) is 0 Å². The fourth-order valence-corrected chi connectivity index (χ4v) is 0.734. The molecule has 1 rings (SSSR count). The Morgan fingerprint density at radius 2 is 1.29 bits per heavy atom. The molecule has 0 spiro atoms. The largest absolute Gasteiger partial charge is 0.358 e. The van der Waals surface area contributed by atoms with Gasteiger partial charge in [0.25, 0.3) is 5.91 Å². The van der Waals surface area contributed by atoms with Gasteiger partial charge in [0.1, 0.15) is 0 Å². The van der Waals surface area contributed by atoms with E-state index < -0.39 is 0 Å². The summed E-state index contributed by atoms with van der Waals surface area (Å²) in [6, 6.07) is 9.11. The normalized spacial score (nSPS) is 5.67. The first kappa shape index (κ1) is 43.0. The number of amides is 1. The zero-order valence-electron chi connectivity index (χ0n) is 14.5. The van der Waals surface area contributed by atoms with Crippen molar-refractivity contribution < 1.29 is 58.6 Å². The smallest absolute Gasteiger partial charge is 0.251 e. The van der Waals surface area contributed by atoms with Gasteiger partial charge in [0.05, 0.1) is 0 Å². The molecule has 0 saturated carbocycles. The Morgan fingerprint density at radius 1 is 1.00 bits per heavy atom. The van der Waals surface area contributed by atoms with Gasteiger partial charge in [0.15, 0.2) is 0 Å². The van der Waals surface area contributed by atoms with Crippen LogP contribution in [-0.2, 0) is 53.8 Å². The fourth-order valence-electron chi connectivity index (χ4n) is 0.734. The average Bonchev–Trinajstić information content (AvgIpc) is 2.44. The van der Waals surface area contributed by atoms with Gasteiger partial charge in [-0.05, 0) is 12.1 Å². The predicted octanol–water partition coefficient (Wildman–Crippen LogP) is 5.60. The van der Waals surface area contributed by atoms with Crippen molar-refractivity contribution in [2.75, 3.05) is 7.05 Å². The second-order valence-electron chi connectivity index (χ2n) is 2.65. The Hall–Kier alpha value is 0.482. The van der Waals surface area contributed by atoms with Crippen LogP contribution in [0, 0.1) is 7.43 Å². The van der Waals surface area contributed by atoms with E-state index in [4.69, 9.17) is 0 Å². The third-order valence-electron chi connectivity index (χ3n) is 1.26. The SMILES string of the molecule is C.CC.CC.CCC.CNC(=O)c1ccccc1.[CH3-].[W].[Y]. The minimum atomic E-state index is -0.0411. The summed E-state index contributed by atoms with van der Waals surface area (Å²) >= 11 is 0. The third kappa shape index (κ3) is 33.4. The maximum absolute atomic E-state index is 10.9. The standard InChI is InChI=1S/C8H9NO.C3H8.2C2H6.CH4.CH3.W.Y/c1-9-8(10)7-5-3-2-4-6-7;1-3-2;2*1-2;;;;/h2-6H,1H3,(H,9,10);3H2,1-2H3;2*1-2H3;1H4;1H3;;/q;;;;;-1;;. The minimum absolute atomic E-state index is 0. The molecule has 4 heteroatoms. The first-order valence-electron chi connectivity index (χ1n) is 6.53. The summed E-state index contributed by atoms with van der Waals surface area (Å²) in [5, 5.41) is 2.54. The molecule has 0 aromatic heterocycles. The molecule has 1 aromatic rings. The van der Waals surface area contributed by atoms with Crippen molar-refractivity contribution in [3.8, 4) is 0 Å². The van der Waals surface area contributed by atoms with Crippen LogP contribution in [0.5, 0.6) is 0 Å². The summed E-state index contributed by atoms with van der Waals surface area (Å²) in [5.74, 6) is -0.0411. The number of benzene rings is 1. The van der Waals surface area contributed by atoms with Crippen LogP contribution in [0.1, 0.15) is 65.7 Å². The predicted molar refractivity (Wildman–Crippen MR) is 91.6 cm³/mol. The van der Waals surface area contributed by atoms with Gasteiger partial charge in [0.2, 0.25) is 0 Å². The molecule has 1 radical (unpaired) electrons. The van der Waals surface area contributed by atoms with E-state index in [9.17, 15) is 4.79 Å². The van der Waals surface area contributed by atoms with Crippen LogP contribution in [0.2, 0.25) is 0 Å². The second-order valence-corrected chi connectivity index (χ2v) is 2.65.